The lowest BCUT2D eigenvalue weighted by Gasteiger charge is -2.17. The van der Waals surface area contributed by atoms with Crippen molar-refractivity contribution in [3.8, 4) is 0 Å². The van der Waals surface area contributed by atoms with Crippen molar-refractivity contribution in [2.75, 3.05) is 25.0 Å². The molecule has 5 heteroatoms. The van der Waals surface area contributed by atoms with Crippen molar-refractivity contribution in [3.05, 3.63) is 28.8 Å². The van der Waals surface area contributed by atoms with E-state index in [9.17, 15) is 4.79 Å². The Kier molecular flexibility index (Phi) is 8.81. The molecule has 1 aromatic carbocycles. The first-order valence-electron chi connectivity index (χ1n) is 6.35. The van der Waals surface area contributed by atoms with Gasteiger partial charge in [0, 0.05) is 13.0 Å². The Balaban J connectivity index is 0.00000324. The third-order valence-electron chi connectivity index (χ3n) is 3.04. The lowest BCUT2D eigenvalue weighted by Crippen LogP contribution is -2.27. The predicted octanol–water partition coefficient (Wildman–Crippen LogP) is 3.74. The molecule has 0 aliphatic rings. The van der Waals surface area contributed by atoms with Gasteiger partial charge in [0.05, 0.1) is 10.7 Å². The van der Waals surface area contributed by atoms with Crippen molar-refractivity contribution >= 4 is 35.6 Å². The topological polar surface area (TPSA) is 32.3 Å². The Morgan fingerprint density at radius 1 is 1.32 bits per heavy atom. The maximum absolute atomic E-state index is 11.9. The van der Waals surface area contributed by atoms with Gasteiger partial charge in [-0.25, -0.2) is 0 Å². The number of hydrogen-bond acceptors (Lipinski definition) is 2. The second-order valence-electron chi connectivity index (χ2n) is 4.26. The molecule has 0 radical (unpaired) electrons. The minimum atomic E-state index is 0. The van der Waals surface area contributed by atoms with Gasteiger partial charge < -0.3 is 10.2 Å². The molecule has 0 aliphatic heterocycles. The van der Waals surface area contributed by atoms with Crippen LogP contribution in [-0.4, -0.2) is 30.4 Å². The second kappa shape index (κ2) is 9.18. The Bertz CT molecular complexity index is 386. The van der Waals surface area contributed by atoms with Crippen molar-refractivity contribution in [2.24, 2.45) is 0 Å². The van der Waals surface area contributed by atoms with Crippen molar-refractivity contribution in [3.63, 3.8) is 0 Å². The molecule has 1 N–H and O–H groups in total. The average Bonchev–Trinajstić information content (AvgIpc) is 2.35. The van der Waals surface area contributed by atoms with Crippen LogP contribution in [-0.2, 0) is 4.79 Å². The summed E-state index contributed by atoms with van der Waals surface area (Å²) in [6.07, 6.45) is 0.492. The molecule has 1 rings (SSSR count). The number of hydrogen-bond donors (Lipinski definition) is 1. The molecule has 3 nitrogen and oxygen atoms in total. The molecule has 0 saturated carbocycles. The lowest BCUT2D eigenvalue weighted by molar-refractivity contribution is -0.116. The summed E-state index contributed by atoms with van der Waals surface area (Å²) in [6.45, 7) is 8.84. The van der Waals surface area contributed by atoms with Gasteiger partial charge in [0.2, 0.25) is 5.91 Å². The number of anilines is 1. The van der Waals surface area contributed by atoms with E-state index in [1.807, 2.05) is 19.1 Å². The van der Waals surface area contributed by atoms with Crippen molar-refractivity contribution < 1.29 is 4.79 Å². The number of benzene rings is 1. The lowest BCUT2D eigenvalue weighted by atomic mass is 10.2. The zero-order valence-corrected chi connectivity index (χ0v) is 13.3. The number of nitrogens with one attached hydrogen (secondary N) is 1. The monoisotopic (exact) mass is 304 g/mol. The predicted molar refractivity (Wildman–Crippen MR) is 84.5 cm³/mol. The quantitative estimate of drug-likeness (QED) is 0.868. The third-order valence-corrected chi connectivity index (χ3v) is 3.35. The largest absolute Gasteiger partial charge is 0.325 e. The Hall–Kier alpha value is -0.770. The van der Waals surface area contributed by atoms with Gasteiger partial charge in [0.1, 0.15) is 0 Å². The summed E-state index contributed by atoms with van der Waals surface area (Å²) in [5, 5.41) is 3.47. The molecule has 0 heterocycles. The summed E-state index contributed by atoms with van der Waals surface area (Å²) < 4.78 is 0. The third kappa shape index (κ3) is 5.81. The van der Waals surface area contributed by atoms with Crippen LogP contribution in [0.2, 0.25) is 5.02 Å². The van der Waals surface area contributed by atoms with Crippen molar-refractivity contribution in [2.45, 2.75) is 27.2 Å². The minimum absolute atomic E-state index is 0. The summed E-state index contributed by atoms with van der Waals surface area (Å²) in [7, 11) is 0. The van der Waals surface area contributed by atoms with Crippen LogP contribution in [0.4, 0.5) is 5.69 Å². The molecule has 0 bridgehead atoms. The van der Waals surface area contributed by atoms with Crippen molar-refractivity contribution in [1.82, 2.24) is 4.90 Å². The fraction of sp³-hybridized carbons (Fsp3) is 0.500. The standard InChI is InChI=1S/C14H21ClN2O.ClH/c1-4-17(5-2)10-9-13(18)16-14-11(3)7-6-8-12(14)15;/h6-8H,4-5,9-10H2,1-3H3,(H,16,18);1H. The highest BCUT2D eigenvalue weighted by molar-refractivity contribution is 6.33. The first kappa shape index (κ1) is 18.2. The molecule has 0 aromatic heterocycles. The first-order valence-corrected chi connectivity index (χ1v) is 6.73. The number of carbonyl (C=O) groups is 1. The van der Waals surface area contributed by atoms with Crippen LogP contribution in [0.15, 0.2) is 18.2 Å². The summed E-state index contributed by atoms with van der Waals surface area (Å²) >= 11 is 6.07. The molecule has 0 saturated heterocycles. The molecule has 0 unspecified atom stereocenters. The van der Waals surface area contributed by atoms with Gasteiger partial charge in [-0.05, 0) is 31.6 Å². The van der Waals surface area contributed by atoms with E-state index in [-0.39, 0.29) is 18.3 Å². The van der Waals surface area contributed by atoms with Crippen LogP contribution in [0.3, 0.4) is 0 Å². The molecule has 0 aliphatic carbocycles. The van der Waals surface area contributed by atoms with Crippen molar-refractivity contribution in [1.29, 1.82) is 0 Å². The second-order valence-corrected chi connectivity index (χ2v) is 4.66. The fourth-order valence-electron chi connectivity index (χ4n) is 1.79. The molecular formula is C14H22Cl2N2O. The van der Waals surface area contributed by atoms with Crippen LogP contribution < -0.4 is 5.32 Å². The maximum atomic E-state index is 11.9. The highest BCUT2D eigenvalue weighted by Crippen LogP contribution is 2.25. The van der Waals surface area contributed by atoms with E-state index in [1.54, 1.807) is 6.07 Å². The van der Waals surface area contributed by atoms with Gasteiger partial charge in [-0.15, -0.1) is 12.4 Å². The number of halogens is 2. The number of amides is 1. The van der Waals surface area contributed by atoms with E-state index in [2.05, 4.69) is 24.1 Å². The molecular weight excluding hydrogens is 283 g/mol. The van der Waals surface area contributed by atoms with Crippen LogP contribution >= 0.6 is 24.0 Å². The van der Waals surface area contributed by atoms with Gasteiger partial charge in [-0.1, -0.05) is 37.6 Å². The highest BCUT2D eigenvalue weighted by Gasteiger charge is 2.09. The zero-order chi connectivity index (χ0) is 13.5. The SMILES string of the molecule is CCN(CC)CCC(=O)Nc1c(C)cccc1Cl.Cl. The maximum Gasteiger partial charge on any atom is 0.225 e. The zero-order valence-electron chi connectivity index (χ0n) is 11.7. The number of para-hydroxylation sites is 1. The fourth-order valence-corrected chi connectivity index (χ4v) is 2.06. The van der Waals surface area contributed by atoms with Gasteiger partial charge in [-0.3, -0.25) is 4.79 Å². The smallest absolute Gasteiger partial charge is 0.225 e. The minimum Gasteiger partial charge on any atom is -0.325 e. The van der Waals surface area contributed by atoms with Crippen LogP contribution in [0, 0.1) is 6.92 Å². The molecule has 1 aromatic rings. The van der Waals surface area contributed by atoms with E-state index < -0.39 is 0 Å². The van der Waals surface area contributed by atoms with E-state index in [0.717, 1.165) is 30.9 Å². The van der Waals surface area contributed by atoms with E-state index in [0.29, 0.717) is 11.4 Å². The normalized spacial score (nSPS) is 10.2. The Morgan fingerprint density at radius 3 is 2.47 bits per heavy atom. The van der Waals surface area contributed by atoms with Gasteiger partial charge in [0.15, 0.2) is 0 Å². The highest BCUT2D eigenvalue weighted by atomic mass is 35.5. The van der Waals surface area contributed by atoms with Crippen LogP contribution in [0.25, 0.3) is 0 Å². The number of aryl methyl sites for hydroxylation is 1. The Morgan fingerprint density at radius 2 is 1.95 bits per heavy atom. The summed E-state index contributed by atoms with van der Waals surface area (Å²) in [5.74, 6) is 0.0121. The molecule has 1 amide bonds. The van der Waals surface area contributed by atoms with Crippen LogP contribution in [0.1, 0.15) is 25.8 Å². The summed E-state index contributed by atoms with van der Waals surface area (Å²) in [6, 6.07) is 5.60. The van der Waals surface area contributed by atoms with E-state index >= 15 is 0 Å². The number of rotatable bonds is 6. The Labute approximate surface area is 126 Å². The first-order chi connectivity index (χ1) is 8.58. The molecule has 0 spiro atoms. The summed E-state index contributed by atoms with van der Waals surface area (Å²) in [5.41, 5.74) is 1.71. The molecule has 108 valence electrons. The number of carbonyl (C=O) groups excluding carboxylic acids is 1. The number of nitrogens with zero attached hydrogens (tertiary/aromatic N) is 1. The van der Waals surface area contributed by atoms with Gasteiger partial charge in [0.25, 0.3) is 0 Å². The van der Waals surface area contributed by atoms with E-state index in [1.165, 1.54) is 0 Å². The molecule has 0 atom stereocenters. The van der Waals surface area contributed by atoms with Gasteiger partial charge in [-0.2, -0.15) is 0 Å². The molecule has 0 fully saturated rings. The van der Waals surface area contributed by atoms with Crippen LogP contribution in [0.5, 0.6) is 0 Å². The average molecular weight is 305 g/mol. The molecule has 19 heavy (non-hydrogen) atoms. The van der Waals surface area contributed by atoms with Gasteiger partial charge >= 0.3 is 0 Å². The van der Waals surface area contributed by atoms with E-state index in [4.69, 9.17) is 11.6 Å². The summed E-state index contributed by atoms with van der Waals surface area (Å²) in [4.78, 5) is 14.1.